The Hall–Kier alpha value is -2.51. The van der Waals surface area contributed by atoms with E-state index >= 15 is 0 Å². The van der Waals surface area contributed by atoms with E-state index < -0.39 is 11.8 Å². The van der Waals surface area contributed by atoms with Gasteiger partial charge < -0.3 is 10.0 Å². The smallest absolute Gasteiger partial charge is 0.358 e. The predicted octanol–water partition coefficient (Wildman–Crippen LogP) is 1.88. The van der Waals surface area contributed by atoms with Gasteiger partial charge in [-0.3, -0.25) is 0 Å². The van der Waals surface area contributed by atoms with Crippen molar-refractivity contribution < 1.29 is 14.3 Å². The molecule has 23 heavy (non-hydrogen) atoms. The van der Waals surface area contributed by atoms with E-state index in [1.54, 1.807) is 0 Å². The van der Waals surface area contributed by atoms with Crippen molar-refractivity contribution >= 4 is 11.8 Å². The second-order valence-corrected chi connectivity index (χ2v) is 6.34. The summed E-state index contributed by atoms with van der Waals surface area (Å²) in [5.74, 6) is -1.26. The Kier molecular flexibility index (Phi) is 3.07. The van der Waals surface area contributed by atoms with Crippen molar-refractivity contribution in [1.82, 2.24) is 20.0 Å². The lowest BCUT2D eigenvalue weighted by Crippen LogP contribution is -2.35. The van der Waals surface area contributed by atoms with E-state index in [2.05, 4.69) is 15.3 Å². The summed E-state index contributed by atoms with van der Waals surface area (Å²) in [7, 11) is 0. The van der Waals surface area contributed by atoms with E-state index in [9.17, 15) is 9.18 Å². The first-order valence-electron chi connectivity index (χ1n) is 7.63. The van der Waals surface area contributed by atoms with E-state index in [0.717, 1.165) is 25.9 Å². The Morgan fingerprint density at radius 1 is 1.26 bits per heavy atom. The zero-order chi connectivity index (χ0) is 16.0. The SMILES string of the molecule is O=C(O)c1cn(-c2cnc(N3CCC4(CC3)CC4)c(F)c2)nn1. The van der Waals surface area contributed by atoms with Crippen molar-refractivity contribution in [3.63, 3.8) is 0 Å². The van der Waals surface area contributed by atoms with E-state index in [1.807, 2.05) is 4.90 Å². The number of anilines is 1. The number of carbonyl (C=O) groups is 1. The van der Waals surface area contributed by atoms with E-state index in [-0.39, 0.29) is 5.69 Å². The number of aromatic carboxylic acids is 1. The van der Waals surface area contributed by atoms with Gasteiger partial charge in [0.05, 0.1) is 18.1 Å². The third kappa shape index (κ3) is 2.54. The molecule has 4 rings (SSSR count). The van der Waals surface area contributed by atoms with Crippen LogP contribution in [-0.2, 0) is 0 Å². The van der Waals surface area contributed by atoms with Gasteiger partial charge in [-0.25, -0.2) is 18.9 Å². The fraction of sp³-hybridized carbons (Fsp3) is 0.467. The number of hydrogen-bond donors (Lipinski definition) is 1. The van der Waals surface area contributed by atoms with Gasteiger partial charge in [-0.1, -0.05) is 5.21 Å². The molecule has 0 aromatic carbocycles. The average molecular weight is 317 g/mol. The number of pyridine rings is 1. The molecule has 2 aliphatic rings. The molecule has 0 radical (unpaired) electrons. The van der Waals surface area contributed by atoms with Crippen molar-refractivity contribution in [2.75, 3.05) is 18.0 Å². The maximum atomic E-state index is 14.4. The fourth-order valence-electron chi connectivity index (χ4n) is 3.14. The van der Waals surface area contributed by atoms with Crippen molar-refractivity contribution in [2.45, 2.75) is 25.7 Å². The number of aromatic nitrogens is 4. The average Bonchev–Trinajstić information content (AvgIpc) is 3.11. The fourth-order valence-corrected chi connectivity index (χ4v) is 3.14. The summed E-state index contributed by atoms with van der Waals surface area (Å²) in [6, 6.07) is 1.31. The summed E-state index contributed by atoms with van der Waals surface area (Å²) in [6.07, 6.45) is 7.51. The summed E-state index contributed by atoms with van der Waals surface area (Å²) in [5.41, 5.74) is 0.683. The summed E-state index contributed by atoms with van der Waals surface area (Å²) in [4.78, 5) is 17.0. The van der Waals surface area contributed by atoms with Gasteiger partial charge in [-0.05, 0) is 31.1 Å². The number of halogens is 1. The van der Waals surface area contributed by atoms with Gasteiger partial charge in [0, 0.05) is 19.2 Å². The van der Waals surface area contributed by atoms with Crippen LogP contribution in [0.5, 0.6) is 0 Å². The summed E-state index contributed by atoms with van der Waals surface area (Å²) in [6.45, 7) is 1.66. The van der Waals surface area contributed by atoms with Gasteiger partial charge in [0.25, 0.3) is 0 Å². The molecular weight excluding hydrogens is 301 g/mol. The molecule has 0 amide bonds. The van der Waals surface area contributed by atoms with Crippen LogP contribution in [0.2, 0.25) is 0 Å². The standard InChI is InChI=1S/C15H16FN5O2/c16-11-7-10(21-9-12(14(22)23)18-19-21)8-17-13(11)20-5-3-15(1-2-15)4-6-20/h7-9H,1-6H2,(H,22,23). The summed E-state index contributed by atoms with van der Waals surface area (Å²) >= 11 is 0. The number of nitrogens with zero attached hydrogens (tertiary/aromatic N) is 5. The van der Waals surface area contributed by atoms with Gasteiger partial charge in [-0.2, -0.15) is 0 Å². The van der Waals surface area contributed by atoms with Crippen molar-refractivity contribution in [2.24, 2.45) is 5.41 Å². The molecule has 7 nitrogen and oxygen atoms in total. The second-order valence-electron chi connectivity index (χ2n) is 6.34. The van der Waals surface area contributed by atoms with Crippen LogP contribution in [0.4, 0.5) is 10.2 Å². The van der Waals surface area contributed by atoms with Crippen LogP contribution >= 0.6 is 0 Å². The largest absolute Gasteiger partial charge is 0.476 e. The topological polar surface area (TPSA) is 84.1 Å². The lowest BCUT2D eigenvalue weighted by atomic mass is 9.94. The van der Waals surface area contributed by atoms with Gasteiger partial charge in [0.1, 0.15) is 0 Å². The van der Waals surface area contributed by atoms with Crippen molar-refractivity contribution in [3.8, 4) is 5.69 Å². The number of carboxylic acid groups (broad SMARTS) is 1. The highest BCUT2D eigenvalue weighted by atomic mass is 19.1. The Morgan fingerprint density at radius 3 is 2.57 bits per heavy atom. The van der Waals surface area contributed by atoms with Crippen LogP contribution in [0, 0.1) is 11.2 Å². The first-order valence-corrected chi connectivity index (χ1v) is 7.63. The summed E-state index contributed by atoms with van der Waals surface area (Å²) in [5, 5.41) is 16.0. The maximum absolute atomic E-state index is 14.4. The molecule has 1 N–H and O–H groups in total. The van der Waals surface area contributed by atoms with Crippen molar-refractivity contribution in [3.05, 3.63) is 30.0 Å². The molecule has 2 aromatic rings. The molecule has 0 unspecified atom stereocenters. The number of hydrogen-bond acceptors (Lipinski definition) is 5. The Morgan fingerprint density at radius 2 is 2.00 bits per heavy atom. The third-order valence-corrected chi connectivity index (χ3v) is 4.87. The zero-order valence-corrected chi connectivity index (χ0v) is 12.4. The minimum Gasteiger partial charge on any atom is -0.476 e. The second kappa shape index (κ2) is 5.00. The molecule has 1 spiro atoms. The Labute approximate surface area is 131 Å². The lowest BCUT2D eigenvalue weighted by Gasteiger charge is -2.33. The molecule has 120 valence electrons. The molecule has 1 aliphatic carbocycles. The molecule has 1 aliphatic heterocycles. The monoisotopic (exact) mass is 317 g/mol. The molecule has 8 heteroatoms. The van der Waals surface area contributed by atoms with Gasteiger partial charge in [0.15, 0.2) is 17.3 Å². The highest BCUT2D eigenvalue weighted by molar-refractivity contribution is 5.84. The van der Waals surface area contributed by atoms with Crippen LogP contribution < -0.4 is 4.90 Å². The Balaban J connectivity index is 1.55. The summed E-state index contributed by atoms with van der Waals surface area (Å²) < 4.78 is 15.6. The first-order chi connectivity index (χ1) is 11.1. The Bertz CT molecular complexity index is 761. The van der Waals surface area contributed by atoms with Crippen LogP contribution in [0.15, 0.2) is 18.5 Å². The van der Waals surface area contributed by atoms with Gasteiger partial charge >= 0.3 is 5.97 Å². The van der Waals surface area contributed by atoms with Gasteiger partial charge in [0.2, 0.25) is 0 Å². The van der Waals surface area contributed by atoms with Crippen LogP contribution in [0.25, 0.3) is 5.69 Å². The highest BCUT2D eigenvalue weighted by Crippen LogP contribution is 2.53. The van der Waals surface area contributed by atoms with Crippen LogP contribution in [-0.4, -0.2) is 44.1 Å². The zero-order valence-electron chi connectivity index (χ0n) is 12.4. The third-order valence-electron chi connectivity index (χ3n) is 4.87. The normalized spacial score (nSPS) is 19.1. The highest BCUT2D eigenvalue weighted by Gasteiger charge is 2.44. The molecule has 1 saturated carbocycles. The van der Waals surface area contributed by atoms with E-state index in [4.69, 9.17) is 5.11 Å². The van der Waals surface area contributed by atoms with Crippen LogP contribution in [0.1, 0.15) is 36.2 Å². The first kappa shape index (κ1) is 14.1. The molecule has 2 fully saturated rings. The maximum Gasteiger partial charge on any atom is 0.358 e. The minimum absolute atomic E-state index is 0.194. The number of piperidine rings is 1. The lowest BCUT2D eigenvalue weighted by molar-refractivity contribution is 0.0690. The predicted molar refractivity (Wildman–Crippen MR) is 79.2 cm³/mol. The number of rotatable bonds is 3. The van der Waals surface area contributed by atoms with Gasteiger partial charge in [-0.15, -0.1) is 5.10 Å². The molecule has 1 saturated heterocycles. The molecule has 3 heterocycles. The molecule has 2 aromatic heterocycles. The number of carboxylic acids is 1. The van der Waals surface area contributed by atoms with Crippen LogP contribution in [0.3, 0.4) is 0 Å². The quantitative estimate of drug-likeness (QED) is 0.930. The molecule has 0 bridgehead atoms. The van der Waals surface area contributed by atoms with E-state index in [0.29, 0.717) is 16.9 Å². The molecular formula is C15H16FN5O2. The van der Waals surface area contributed by atoms with E-state index in [1.165, 1.54) is 36.0 Å². The molecule has 0 atom stereocenters. The minimum atomic E-state index is -1.18. The van der Waals surface area contributed by atoms with Crippen molar-refractivity contribution in [1.29, 1.82) is 0 Å².